The van der Waals surface area contributed by atoms with Gasteiger partial charge in [0.15, 0.2) is 0 Å². The Balaban J connectivity index is 1.38. The highest BCUT2D eigenvalue weighted by atomic mass is 19.1. The molecule has 130 valence electrons. The fourth-order valence-corrected chi connectivity index (χ4v) is 4.05. The Morgan fingerprint density at radius 3 is 2.64 bits per heavy atom. The van der Waals surface area contributed by atoms with Gasteiger partial charge in [0.2, 0.25) is 5.91 Å². The van der Waals surface area contributed by atoms with Crippen molar-refractivity contribution in [3.63, 3.8) is 0 Å². The molecule has 2 saturated heterocycles. The maximum Gasteiger partial charge on any atom is 0.228 e. The van der Waals surface area contributed by atoms with E-state index in [1.54, 1.807) is 12.4 Å². The molecule has 2 aliphatic rings. The number of carbonyl (C=O) groups is 1. The molecule has 1 aromatic heterocycles. The second-order valence-corrected chi connectivity index (χ2v) is 7.22. The molecule has 0 radical (unpaired) electrons. The average Bonchev–Trinajstić information content (AvgIpc) is 2.96. The first-order valence-corrected chi connectivity index (χ1v) is 8.82. The van der Waals surface area contributed by atoms with Crippen molar-refractivity contribution in [2.75, 3.05) is 13.1 Å². The van der Waals surface area contributed by atoms with Gasteiger partial charge in [-0.05, 0) is 48.6 Å². The number of amides is 1. The largest absolute Gasteiger partial charge is 0.350 e. The number of carbonyl (C=O) groups excluding carboxylic acids is 1. The SMILES string of the molecule is O=C1NC2(CCN(Cc3ccc(F)cc3)CC2)CC1c1cccnc1. The molecule has 1 N–H and O–H groups in total. The number of hydrogen-bond donors (Lipinski definition) is 1. The quantitative estimate of drug-likeness (QED) is 0.935. The van der Waals surface area contributed by atoms with Crippen LogP contribution in [0.15, 0.2) is 48.8 Å². The van der Waals surface area contributed by atoms with Crippen molar-refractivity contribution in [3.8, 4) is 0 Å². The van der Waals surface area contributed by atoms with Gasteiger partial charge in [-0.1, -0.05) is 18.2 Å². The first-order chi connectivity index (χ1) is 12.1. The molecule has 0 saturated carbocycles. The molecule has 1 spiro atoms. The Morgan fingerprint density at radius 1 is 1.20 bits per heavy atom. The lowest BCUT2D eigenvalue weighted by Gasteiger charge is -2.39. The molecule has 5 heteroatoms. The standard InChI is InChI=1S/C20H22FN3O/c21-17-5-3-15(4-6-17)14-24-10-7-20(8-11-24)12-18(19(25)23-20)16-2-1-9-22-13-16/h1-6,9,13,18H,7-8,10-12,14H2,(H,23,25). The summed E-state index contributed by atoms with van der Waals surface area (Å²) in [4.78, 5) is 19.0. The first kappa shape index (κ1) is 16.2. The van der Waals surface area contributed by atoms with Crippen LogP contribution in [0.2, 0.25) is 0 Å². The van der Waals surface area contributed by atoms with Gasteiger partial charge < -0.3 is 5.32 Å². The molecule has 4 rings (SSSR count). The van der Waals surface area contributed by atoms with Crippen LogP contribution in [0.5, 0.6) is 0 Å². The fourth-order valence-electron chi connectivity index (χ4n) is 4.05. The Hall–Kier alpha value is -2.27. The summed E-state index contributed by atoms with van der Waals surface area (Å²) in [5.74, 6) is -0.159. The van der Waals surface area contributed by atoms with Gasteiger partial charge in [0.1, 0.15) is 5.82 Å². The van der Waals surface area contributed by atoms with E-state index in [0.717, 1.165) is 50.0 Å². The summed E-state index contributed by atoms with van der Waals surface area (Å²) in [5, 5.41) is 3.27. The molecule has 25 heavy (non-hydrogen) atoms. The van der Waals surface area contributed by atoms with E-state index in [2.05, 4.69) is 15.2 Å². The third-order valence-electron chi connectivity index (χ3n) is 5.52. The highest BCUT2D eigenvalue weighted by molar-refractivity contribution is 5.87. The molecule has 3 heterocycles. The van der Waals surface area contributed by atoms with Crippen molar-refractivity contribution in [1.29, 1.82) is 0 Å². The van der Waals surface area contributed by atoms with E-state index in [1.165, 1.54) is 12.1 Å². The van der Waals surface area contributed by atoms with E-state index in [1.807, 2.05) is 24.3 Å². The zero-order valence-electron chi connectivity index (χ0n) is 14.1. The van der Waals surface area contributed by atoms with Gasteiger partial charge in [0.25, 0.3) is 0 Å². The number of halogens is 1. The van der Waals surface area contributed by atoms with Crippen molar-refractivity contribution >= 4 is 5.91 Å². The van der Waals surface area contributed by atoms with Crippen molar-refractivity contribution in [3.05, 3.63) is 65.7 Å². The number of aromatic nitrogens is 1. The normalized spacial score (nSPS) is 22.9. The molecule has 0 aliphatic carbocycles. The molecular weight excluding hydrogens is 317 g/mol. The maximum absolute atomic E-state index is 13.0. The minimum Gasteiger partial charge on any atom is -0.350 e. The molecule has 4 nitrogen and oxygen atoms in total. The second-order valence-electron chi connectivity index (χ2n) is 7.22. The smallest absolute Gasteiger partial charge is 0.228 e. The number of nitrogens with one attached hydrogen (secondary N) is 1. The van der Waals surface area contributed by atoms with Crippen LogP contribution in [-0.2, 0) is 11.3 Å². The van der Waals surface area contributed by atoms with Gasteiger partial charge in [-0.2, -0.15) is 0 Å². The molecule has 2 aliphatic heterocycles. The Morgan fingerprint density at radius 2 is 1.96 bits per heavy atom. The molecule has 1 aromatic carbocycles. The first-order valence-electron chi connectivity index (χ1n) is 8.82. The third kappa shape index (κ3) is 3.42. The lowest BCUT2D eigenvalue weighted by atomic mass is 9.82. The fraction of sp³-hybridized carbons (Fsp3) is 0.400. The third-order valence-corrected chi connectivity index (χ3v) is 5.52. The van der Waals surface area contributed by atoms with Crippen LogP contribution in [0.25, 0.3) is 0 Å². The number of pyridine rings is 1. The van der Waals surface area contributed by atoms with Crippen LogP contribution in [0, 0.1) is 5.82 Å². The summed E-state index contributed by atoms with van der Waals surface area (Å²) < 4.78 is 13.0. The minimum absolute atomic E-state index is 0.0858. The van der Waals surface area contributed by atoms with E-state index < -0.39 is 0 Å². The van der Waals surface area contributed by atoms with E-state index >= 15 is 0 Å². The zero-order valence-corrected chi connectivity index (χ0v) is 14.1. The van der Waals surface area contributed by atoms with Crippen LogP contribution in [0.4, 0.5) is 4.39 Å². The molecule has 1 unspecified atom stereocenters. The summed E-state index contributed by atoms with van der Waals surface area (Å²) in [7, 11) is 0. The van der Waals surface area contributed by atoms with Gasteiger partial charge in [0, 0.05) is 37.6 Å². The van der Waals surface area contributed by atoms with E-state index in [-0.39, 0.29) is 23.2 Å². The van der Waals surface area contributed by atoms with Crippen molar-refractivity contribution < 1.29 is 9.18 Å². The average molecular weight is 339 g/mol. The van der Waals surface area contributed by atoms with Crippen LogP contribution in [-0.4, -0.2) is 34.4 Å². The molecule has 0 bridgehead atoms. The lowest BCUT2D eigenvalue weighted by Crippen LogP contribution is -2.50. The van der Waals surface area contributed by atoms with Crippen LogP contribution in [0.1, 0.15) is 36.3 Å². The highest BCUT2D eigenvalue weighted by Crippen LogP contribution is 2.39. The molecule has 2 aromatic rings. The van der Waals surface area contributed by atoms with E-state index in [4.69, 9.17) is 0 Å². The van der Waals surface area contributed by atoms with Crippen LogP contribution >= 0.6 is 0 Å². The minimum atomic E-state index is -0.198. The van der Waals surface area contributed by atoms with Gasteiger partial charge >= 0.3 is 0 Å². The summed E-state index contributed by atoms with van der Waals surface area (Å²) >= 11 is 0. The van der Waals surface area contributed by atoms with Gasteiger partial charge in [-0.25, -0.2) is 4.39 Å². The van der Waals surface area contributed by atoms with Gasteiger partial charge in [-0.3, -0.25) is 14.7 Å². The Labute approximate surface area is 147 Å². The molecule has 2 fully saturated rings. The predicted molar refractivity (Wildman–Crippen MR) is 93.4 cm³/mol. The summed E-state index contributed by atoms with van der Waals surface area (Å²) in [6, 6.07) is 10.6. The Kier molecular flexibility index (Phi) is 4.25. The zero-order chi connectivity index (χ0) is 17.3. The number of likely N-dealkylation sites (tertiary alicyclic amines) is 1. The van der Waals surface area contributed by atoms with Crippen molar-refractivity contribution in [1.82, 2.24) is 15.2 Å². The summed E-state index contributed by atoms with van der Waals surface area (Å²) in [5.41, 5.74) is 2.04. The van der Waals surface area contributed by atoms with Crippen LogP contribution in [0.3, 0.4) is 0 Å². The van der Waals surface area contributed by atoms with E-state index in [9.17, 15) is 9.18 Å². The van der Waals surface area contributed by atoms with Gasteiger partial charge in [-0.15, -0.1) is 0 Å². The topological polar surface area (TPSA) is 45.2 Å². The highest BCUT2D eigenvalue weighted by Gasteiger charge is 2.46. The molecule has 1 amide bonds. The Bertz CT molecular complexity index is 739. The number of nitrogens with zero attached hydrogens (tertiary/aromatic N) is 2. The van der Waals surface area contributed by atoms with Crippen LogP contribution < -0.4 is 5.32 Å². The van der Waals surface area contributed by atoms with Gasteiger partial charge in [0.05, 0.1) is 5.92 Å². The number of rotatable bonds is 3. The number of hydrogen-bond acceptors (Lipinski definition) is 3. The number of piperidine rings is 1. The van der Waals surface area contributed by atoms with Crippen molar-refractivity contribution in [2.45, 2.75) is 37.3 Å². The molecular formula is C20H22FN3O. The molecule has 1 atom stereocenters. The summed E-state index contributed by atoms with van der Waals surface area (Å²) in [6.07, 6.45) is 6.29. The maximum atomic E-state index is 13.0. The summed E-state index contributed by atoms with van der Waals surface area (Å²) in [6.45, 7) is 2.71. The monoisotopic (exact) mass is 339 g/mol. The predicted octanol–water partition coefficient (Wildman–Crippen LogP) is 2.86. The van der Waals surface area contributed by atoms with Crippen molar-refractivity contribution in [2.24, 2.45) is 0 Å². The number of benzene rings is 1. The lowest BCUT2D eigenvalue weighted by molar-refractivity contribution is -0.121. The second kappa shape index (κ2) is 6.56. The van der Waals surface area contributed by atoms with E-state index in [0.29, 0.717) is 0 Å².